The van der Waals surface area contributed by atoms with Gasteiger partial charge in [0.05, 0.1) is 0 Å². The Morgan fingerprint density at radius 3 is 2.44 bits per heavy atom. The number of ether oxygens (including phenoxy) is 1. The number of allylic oxidation sites excluding steroid dienone is 1. The largest absolute Gasteiger partial charge is 0.444 e. The van der Waals surface area contributed by atoms with Gasteiger partial charge in [0, 0.05) is 19.0 Å². The SMILES string of the molecule is C=C(C)C(=O)[C@@H]1CCCN(C(=O)OC(C)(C)C)C1. The molecule has 1 saturated heterocycles. The molecule has 1 atom stereocenters. The van der Waals surface area contributed by atoms with Crippen molar-refractivity contribution in [1.29, 1.82) is 0 Å². The molecule has 1 heterocycles. The second kappa shape index (κ2) is 5.55. The van der Waals surface area contributed by atoms with Crippen molar-refractivity contribution in [3.05, 3.63) is 12.2 Å². The Bertz CT molecular complexity index is 355. The van der Waals surface area contributed by atoms with Gasteiger partial charge >= 0.3 is 6.09 Å². The summed E-state index contributed by atoms with van der Waals surface area (Å²) in [6.45, 7) is 12.0. The monoisotopic (exact) mass is 253 g/mol. The molecule has 0 bridgehead atoms. The molecule has 0 spiro atoms. The molecule has 0 aromatic rings. The normalized spacial score (nSPS) is 20.4. The van der Waals surface area contributed by atoms with Crippen molar-refractivity contribution in [2.24, 2.45) is 5.92 Å². The van der Waals surface area contributed by atoms with Crippen molar-refractivity contribution in [3.63, 3.8) is 0 Å². The van der Waals surface area contributed by atoms with Gasteiger partial charge in [0.1, 0.15) is 5.60 Å². The Morgan fingerprint density at radius 2 is 1.94 bits per heavy atom. The van der Waals surface area contributed by atoms with Crippen LogP contribution in [0.4, 0.5) is 4.79 Å². The molecule has 1 fully saturated rings. The second-order valence-electron chi connectivity index (χ2n) is 5.91. The maximum atomic E-state index is 11.9. The van der Waals surface area contributed by atoms with Gasteiger partial charge in [-0.1, -0.05) is 6.58 Å². The summed E-state index contributed by atoms with van der Waals surface area (Å²) >= 11 is 0. The van der Waals surface area contributed by atoms with E-state index < -0.39 is 5.60 Å². The minimum Gasteiger partial charge on any atom is -0.444 e. The standard InChI is InChI=1S/C14H23NO3/c1-10(2)12(16)11-7-6-8-15(9-11)13(17)18-14(3,4)5/h11H,1,6-9H2,2-5H3/t11-/m1/s1. The fraction of sp³-hybridized carbons (Fsp3) is 0.714. The quantitative estimate of drug-likeness (QED) is 0.711. The first-order valence-electron chi connectivity index (χ1n) is 6.38. The molecular formula is C14H23NO3. The van der Waals surface area contributed by atoms with Crippen LogP contribution in [0.25, 0.3) is 0 Å². The Balaban J connectivity index is 2.61. The first kappa shape index (κ1) is 14.7. The average molecular weight is 253 g/mol. The molecule has 0 unspecified atom stereocenters. The number of likely N-dealkylation sites (tertiary alicyclic amines) is 1. The van der Waals surface area contributed by atoms with Gasteiger partial charge in [-0.3, -0.25) is 4.79 Å². The molecule has 1 aliphatic rings. The summed E-state index contributed by atoms with van der Waals surface area (Å²) in [7, 11) is 0. The number of hydrogen-bond acceptors (Lipinski definition) is 3. The van der Waals surface area contributed by atoms with Gasteiger partial charge in [0.2, 0.25) is 0 Å². The maximum Gasteiger partial charge on any atom is 0.410 e. The Hall–Kier alpha value is -1.32. The third kappa shape index (κ3) is 4.17. The summed E-state index contributed by atoms with van der Waals surface area (Å²) in [5, 5.41) is 0. The molecule has 18 heavy (non-hydrogen) atoms. The van der Waals surface area contributed by atoms with Crippen molar-refractivity contribution in [2.75, 3.05) is 13.1 Å². The van der Waals surface area contributed by atoms with Crippen LogP contribution in [0.3, 0.4) is 0 Å². The van der Waals surface area contributed by atoms with Crippen LogP contribution in [0.1, 0.15) is 40.5 Å². The molecule has 0 aliphatic carbocycles. The van der Waals surface area contributed by atoms with Crippen molar-refractivity contribution in [2.45, 2.75) is 46.1 Å². The number of carbonyl (C=O) groups excluding carboxylic acids is 2. The van der Waals surface area contributed by atoms with Crippen LogP contribution in [0.2, 0.25) is 0 Å². The molecule has 0 N–H and O–H groups in total. The highest BCUT2D eigenvalue weighted by Crippen LogP contribution is 2.21. The van der Waals surface area contributed by atoms with Crippen molar-refractivity contribution >= 4 is 11.9 Å². The molecular weight excluding hydrogens is 230 g/mol. The summed E-state index contributed by atoms with van der Waals surface area (Å²) < 4.78 is 5.32. The van der Waals surface area contributed by atoms with E-state index >= 15 is 0 Å². The van der Waals surface area contributed by atoms with Crippen LogP contribution in [0.15, 0.2) is 12.2 Å². The molecule has 1 amide bonds. The van der Waals surface area contributed by atoms with Gasteiger partial charge in [0.15, 0.2) is 5.78 Å². The number of Topliss-reactive ketones (excluding diaryl/α,β-unsaturated/α-hetero) is 1. The van der Waals surface area contributed by atoms with Gasteiger partial charge in [-0.2, -0.15) is 0 Å². The number of nitrogens with zero attached hydrogens (tertiary/aromatic N) is 1. The summed E-state index contributed by atoms with van der Waals surface area (Å²) in [5.74, 6) is -0.0629. The topological polar surface area (TPSA) is 46.6 Å². The number of piperidine rings is 1. The van der Waals surface area contributed by atoms with Crippen LogP contribution in [0.5, 0.6) is 0 Å². The molecule has 1 rings (SSSR count). The highest BCUT2D eigenvalue weighted by atomic mass is 16.6. The molecule has 102 valence electrons. The molecule has 0 saturated carbocycles. The lowest BCUT2D eigenvalue weighted by atomic mass is 9.91. The molecule has 0 aromatic carbocycles. The van der Waals surface area contributed by atoms with E-state index in [-0.39, 0.29) is 17.8 Å². The van der Waals surface area contributed by atoms with E-state index in [2.05, 4.69) is 6.58 Å². The van der Waals surface area contributed by atoms with E-state index in [0.29, 0.717) is 18.7 Å². The highest BCUT2D eigenvalue weighted by Gasteiger charge is 2.30. The van der Waals surface area contributed by atoms with Crippen molar-refractivity contribution in [1.82, 2.24) is 4.90 Å². The highest BCUT2D eigenvalue weighted by molar-refractivity contribution is 5.96. The van der Waals surface area contributed by atoms with E-state index in [1.807, 2.05) is 20.8 Å². The lowest BCUT2D eigenvalue weighted by Gasteiger charge is -2.33. The molecule has 4 heteroatoms. The zero-order valence-corrected chi connectivity index (χ0v) is 11.8. The fourth-order valence-corrected chi connectivity index (χ4v) is 2.03. The molecule has 1 aliphatic heterocycles. The summed E-state index contributed by atoms with van der Waals surface area (Å²) in [5.41, 5.74) is 0.0635. The Kier molecular flexibility index (Phi) is 4.54. The van der Waals surface area contributed by atoms with Gasteiger partial charge < -0.3 is 9.64 Å². The smallest absolute Gasteiger partial charge is 0.410 e. The van der Waals surface area contributed by atoms with Crippen molar-refractivity contribution < 1.29 is 14.3 Å². The van der Waals surface area contributed by atoms with E-state index in [4.69, 9.17) is 4.74 Å². The average Bonchev–Trinajstić information content (AvgIpc) is 2.25. The predicted octanol–water partition coefficient (Wildman–Crippen LogP) is 2.78. The first-order valence-corrected chi connectivity index (χ1v) is 6.38. The third-order valence-corrected chi connectivity index (χ3v) is 2.86. The fourth-order valence-electron chi connectivity index (χ4n) is 2.03. The van der Waals surface area contributed by atoms with Crippen molar-refractivity contribution in [3.8, 4) is 0 Å². The zero-order valence-electron chi connectivity index (χ0n) is 11.8. The second-order valence-corrected chi connectivity index (χ2v) is 5.91. The van der Waals surface area contributed by atoms with Crippen LogP contribution in [-0.2, 0) is 9.53 Å². The van der Waals surface area contributed by atoms with E-state index in [1.165, 1.54) is 0 Å². The summed E-state index contributed by atoms with van der Waals surface area (Å²) in [6, 6.07) is 0. The van der Waals surface area contributed by atoms with E-state index in [9.17, 15) is 9.59 Å². The minimum atomic E-state index is -0.498. The van der Waals surface area contributed by atoms with Crippen LogP contribution >= 0.6 is 0 Å². The predicted molar refractivity (Wildman–Crippen MR) is 70.4 cm³/mol. The lowest BCUT2D eigenvalue weighted by Crippen LogP contribution is -2.44. The third-order valence-electron chi connectivity index (χ3n) is 2.86. The number of carbonyl (C=O) groups is 2. The Morgan fingerprint density at radius 1 is 1.33 bits per heavy atom. The zero-order chi connectivity index (χ0) is 13.9. The van der Waals surface area contributed by atoms with Gasteiger partial charge in [-0.15, -0.1) is 0 Å². The minimum absolute atomic E-state index is 0.0586. The van der Waals surface area contributed by atoms with Gasteiger partial charge in [0.25, 0.3) is 0 Å². The number of amides is 1. The molecule has 0 radical (unpaired) electrons. The summed E-state index contributed by atoms with van der Waals surface area (Å²) in [4.78, 5) is 25.4. The van der Waals surface area contributed by atoms with Gasteiger partial charge in [-0.25, -0.2) is 4.79 Å². The van der Waals surface area contributed by atoms with E-state index in [1.54, 1.807) is 11.8 Å². The lowest BCUT2D eigenvalue weighted by molar-refractivity contribution is -0.120. The maximum absolute atomic E-state index is 11.9. The number of hydrogen-bond donors (Lipinski definition) is 0. The number of rotatable bonds is 2. The van der Waals surface area contributed by atoms with Crippen LogP contribution in [-0.4, -0.2) is 35.5 Å². The van der Waals surface area contributed by atoms with Crippen LogP contribution < -0.4 is 0 Å². The van der Waals surface area contributed by atoms with Crippen LogP contribution in [0, 0.1) is 5.92 Å². The summed E-state index contributed by atoms with van der Waals surface area (Å²) in [6.07, 6.45) is 1.33. The van der Waals surface area contributed by atoms with E-state index in [0.717, 1.165) is 12.8 Å². The Labute approximate surface area is 109 Å². The first-order chi connectivity index (χ1) is 8.20. The molecule has 0 aromatic heterocycles. The van der Waals surface area contributed by atoms with Gasteiger partial charge in [-0.05, 0) is 46.1 Å². The molecule has 4 nitrogen and oxygen atoms in total. The number of ketones is 1.